The quantitative estimate of drug-likeness (QED) is 0.882. The highest BCUT2D eigenvalue weighted by Gasteiger charge is 2.30. The van der Waals surface area contributed by atoms with Gasteiger partial charge in [0.2, 0.25) is 5.91 Å². The molecule has 0 unspecified atom stereocenters. The fourth-order valence-corrected chi connectivity index (χ4v) is 2.90. The van der Waals surface area contributed by atoms with E-state index in [9.17, 15) is 9.59 Å². The van der Waals surface area contributed by atoms with Crippen molar-refractivity contribution in [2.75, 3.05) is 19.8 Å². The standard InChI is InChI=1S/C15H23N3O4/c1-10-6-11(2)18(16-10)12(3)7-14(19)17-4-5-22-9-13(17)8-15(20)21/h6,12-13H,4-5,7-9H2,1-3H3,(H,20,21)/t12-,13+/m1/s1. The Morgan fingerprint density at radius 2 is 2.23 bits per heavy atom. The number of ether oxygens (including phenoxy) is 1. The largest absolute Gasteiger partial charge is 0.481 e. The topological polar surface area (TPSA) is 84.7 Å². The van der Waals surface area contributed by atoms with Crippen LogP contribution >= 0.6 is 0 Å². The molecule has 22 heavy (non-hydrogen) atoms. The molecule has 1 aliphatic rings. The lowest BCUT2D eigenvalue weighted by Crippen LogP contribution is -2.49. The van der Waals surface area contributed by atoms with Crippen molar-refractivity contribution in [1.29, 1.82) is 0 Å². The number of rotatable bonds is 5. The van der Waals surface area contributed by atoms with Crippen LogP contribution in [0, 0.1) is 13.8 Å². The van der Waals surface area contributed by atoms with Crippen molar-refractivity contribution in [3.8, 4) is 0 Å². The van der Waals surface area contributed by atoms with Crippen LogP contribution in [0.1, 0.15) is 37.2 Å². The normalized spacial score (nSPS) is 20.0. The number of nitrogens with zero attached hydrogens (tertiary/aromatic N) is 3. The van der Waals surface area contributed by atoms with Gasteiger partial charge in [0.1, 0.15) is 0 Å². The Balaban J connectivity index is 2.03. The number of hydrogen-bond donors (Lipinski definition) is 1. The monoisotopic (exact) mass is 309 g/mol. The van der Waals surface area contributed by atoms with Gasteiger partial charge in [-0.3, -0.25) is 14.3 Å². The molecule has 7 nitrogen and oxygen atoms in total. The molecule has 0 aromatic carbocycles. The van der Waals surface area contributed by atoms with Gasteiger partial charge >= 0.3 is 5.97 Å². The Kier molecular flexibility index (Phi) is 5.18. The highest BCUT2D eigenvalue weighted by molar-refractivity contribution is 5.78. The molecule has 1 saturated heterocycles. The number of morpholine rings is 1. The van der Waals surface area contributed by atoms with Gasteiger partial charge in [-0.05, 0) is 26.8 Å². The van der Waals surface area contributed by atoms with Crippen LogP contribution in [0.5, 0.6) is 0 Å². The molecule has 2 rings (SSSR count). The molecule has 1 aromatic heterocycles. The number of aromatic nitrogens is 2. The molecule has 1 fully saturated rings. The fraction of sp³-hybridized carbons (Fsp3) is 0.667. The minimum atomic E-state index is -0.917. The zero-order valence-corrected chi connectivity index (χ0v) is 13.3. The molecule has 1 aliphatic heterocycles. The Labute approximate surface area is 129 Å². The molecule has 0 bridgehead atoms. The Hall–Kier alpha value is -1.89. The second-order valence-corrected chi connectivity index (χ2v) is 5.84. The fourth-order valence-electron chi connectivity index (χ4n) is 2.90. The van der Waals surface area contributed by atoms with Crippen molar-refractivity contribution in [2.24, 2.45) is 0 Å². The number of aryl methyl sites for hydroxylation is 2. The van der Waals surface area contributed by atoms with Crippen molar-refractivity contribution in [3.63, 3.8) is 0 Å². The van der Waals surface area contributed by atoms with E-state index < -0.39 is 5.97 Å². The van der Waals surface area contributed by atoms with Crippen molar-refractivity contribution < 1.29 is 19.4 Å². The van der Waals surface area contributed by atoms with Gasteiger partial charge in [-0.1, -0.05) is 0 Å². The van der Waals surface area contributed by atoms with E-state index >= 15 is 0 Å². The van der Waals surface area contributed by atoms with Crippen LogP contribution in [0.3, 0.4) is 0 Å². The van der Waals surface area contributed by atoms with Crippen LogP contribution in [0.25, 0.3) is 0 Å². The molecule has 0 aliphatic carbocycles. The van der Waals surface area contributed by atoms with Crippen LogP contribution in [-0.4, -0.2) is 57.5 Å². The van der Waals surface area contributed by atoms with Crippen molar-refractivity contribution in [3.05, 3.63) is 17.5 Å². The molecule has 1 aromatic rings. The summed E-state index contributed by atoms with van der Waals surface area (Å²) >= 11 is 0. The maximum atomic E-state index is 12.5. The van der Waals surface area contributed by atoms with Crippen LogP contribution < -0.4 is 0 Å². The number of carbonyl (C=O) groups excluding carboxylic acids is 1. The van der Waals surface area contributed by atoms with E-state index in [1.165, 1.54) is 0 Å². The van der Waals surface area contributed by atoms with E-state index in [0.29, 0.717) is 19.6 Å². The molecule has 0 radical (unpaired) electrons. The van der Waals surface area contributed by atoms with Gasteiger partial charge in [-0.25, -0.2) is 0 Å². The molecule has 0 saturated carbocycles. The summed E-state index contributed by atoms with van der Waals surface area (Å²) in [4.78, 5) is 25.1. The van der Waals surface area contributed by atoms with E-state index in [1.807, 2.05) is 31.5 Å². The van der Waals surface area contributed by atoms with Crippen molar-refractivity contribution in [1.82, 2.24) is 14.7 Å². The lowest BCUT2D eigenvalue weighted by atomic mass is 10.1. The summed E-state index contributed by atoms with van der Waals surface area (Å²) in [5.74, 6) is -0.963. The van der Waals surface area contributed by atoms with Crippen molar-refractivity contribution in [2.45, 2.75) is 45.7 Å². The maximum absolute atomic E-state index is 12.5. The lowest BCUT2D eigenvalue weighted by Gasteiger charge is -2.35. The number of amides is 1. The average Bonchev–Trinajstić information content (AvgIpc) is 2.77. The van der Waals surface area contributed by atoms with E-state index in [4.69, 9.17) is 9.84 Å². The van der Waals surface area contributed by atoms with Gasteiger partial charge in [0.05, 0.1) is 37.4 Å². The Morgan fingerprint density at radius 1 is 1.50 bits per heavy atom. The lowest BCUT2D eigenvalue weighted by molar-refractivity contribution is -0.146. The zero-order chi connectivity index (χ0) is 16.3. The average molecular weight is 309 g/mol. The summed E-state index contributed by atoms with van der Waals surface area (Å²) in [6.45, 7) is 7.01. The van der Waals surface area contributed by atoms with Gasteiger partial charge in [-0.15, -0.1) is 0 Å². The molecule has 0 spiro atoms. The summed E-state index contributed by atoms with van der Waals surface area (Å²) in [7, 11) is 0. The van der Waals surface area contributed by atoms with E-state index in [-0.39, 0.29) is 31.0 Å². The van der Waals surface area contributed by atoms with Crippen LogP contribution in [0.2, 0.25) is 0 Å². The third kappa shape index (κ3) is 3.85. The second kappa shape index (κ2) is 6.91. The Bertz CT molecular complexity index is 555. The van der Waals surface area contributed by atoms with Crippen LogP contribution in [0.15, 0.2) is 6.07 Å². The molecular formula is C15H23N3O4. The summed E-state index contributed by atoms with van der Waals surface area (Å²) in [5.41, 5.74) is 1.94. The number of carboxylic acids is 1. The number of carbonyl (C=O) groups is 2. The SMILES string of the molecule is Cc1cc(C)n([C@H](C)CC(=O)N2CCOC[C@@H]2CC(=O)O)n1. The molecule has 1 N–H and O–H groups in total. The van der Waals surface area contributed by atoms with Gasteiger partial charge in [0.25, 0.3) is 0 Å². The molecular weight excluding hydrogens is 286 g/mol. The molecule has 7 heteroatoms. The first kappa shape index (κ1) is 16.5. The molecule has 2 atom stereocenters. The number of aliphatic carboxylic acids is 1. The molecule has 122 valence electrons. The van der Waals surface area contributed by atoms with Gasteiger partial charge < -0.3 is 14.7 Å². The third-order valence-corrected chi connectivity index (χ3v) is 3.89. The van der Waals surface area contributed by atoms with Crippen LogP contribution in [-0.2, 0) is 14.3 Å². The van der Waals surface area contributed by atoms with E-state index in [2.05, 4.69) is 5.10 Å². The Morgan fingerprint density at radius 3 is 2.82 bits per heavy atom. The smallest absolute Gasteiger partial charge is 0.305 e. The van der Waals surface area contributed by atoms with Gasteiger partial charge in [0.15, 0.2) is 0 Å². The molecule has 1 amide bonds. The predicted molar refractivity (Wildman–Crippen MR) is 79.6 cm³/mol. The third-order valence-electron chi connectivity index (χ3n) is 3.89. The molecule has 2 heterocycles. The van der Waals surface area contributed by atoms with Crippen molar-refractivity contribution >= 4 is 11.9 Å². The predicted octanol–water partition coefficient (Wildman–Crippen LogP) is 1.15. The van der Waals surface area contributed by atoms with Gasteiger partial charge in [-0.2, -0.15) is 5.10 Å². The summed E-state index contributed by atoms with van der Waals surface area (Å²) in [5, 5.41) is 13.4. The summed E-state index contributed by atoms with van der Waals surface area (Å²) in [6, 6.07) is 1.53. The van der Waals surface area contributed by atoms with Crippen LogP contribution in [0.4, 0.5) is 0 Å². The maximum Gasteiger partial charge on any atom is 0.305 e. The first-order valence-electron chi connectivity index (χ1n) is 7.50. The number of hydrogen-bond acceptors (Lipinski definition) is 4. The summed E-state index contributed by atoms with van der Waals surface area (Å²) < 4.78 is 7.15. The minimum Gasteiger partial charge on any atom is -0.481 e. The first-order valence-corrected chi connectivity index (χ1v) is 7.50. The minimum absolute atomic E-state index is 0.0467. The first-order chi connectivity index (χ1) is 10.4. The highest BCUT2D eigenvalue weighted by Crippen LogP contribution is 2.19. The van der Waals surface area contributed by atoms with E-state index in [1.54, 1.807) is 4.90 Å². The number of carboxylic acid groups (broad SMARTS) is 1. The second-order valence-electron chi connectivity index (χ2n) is 5.84. The highest BCUT2D eigenvalue weighted by atomic mass is 16.5. The zero-order valence-electron chi connectivity index (χ0n) is 13.3. The van der Waals surface area contributed by atoms with E-state index in [0.717, 1.165) is 11.4 Å². The van der Waals surface area contributed by atoms with Gasteiger partial charge in [0, 0.05) is 18.7 Å². The summed E-state index contributed by atoms with van der Waals surface area (Å²) in [6.07, 6.45) is 0.220.